The van der Waals surface area contributed by atoms with Crippen LogP contribution in [0.3, 0.4) is 0 Å². The summed E-state index contributed by atoms with van der Waals surface area (Å²) in [5, 5.41) is 4.02. The fourth-order valence-electron chi connectivity index (χ4n) is 6.32. The van der Waals surface area contributed by atoms with Crippen molar-refractivity contribution in [1.29, 1.82) is 0 Å². The van der Waals surface area contributed by atoms with Crippen molar-refractivity contribution < 1.29 is 28.5 Å². The summed E-state index contributed by atoms with van der Waals surface area (Å²) in [7, 11) is 1.60. The number of amides is 2. The van der Waals surface area contributed by atoms with Crippen LogP contribution >= 0.6 is 11.6 Å². The van der Waals surface area contributed by atoms with Gasteiger partial charge >= 0.3 is 0 Å². The molecule has 0 unspecified atom stereocenters. The van der Waals surface area contributed by atoms with Crippen LogP contribution in [0.2, 0.25) is 5.02 Å². The number of carbonyl (C=O) groups is 2. The van der Waals surface area contributed by atoms with Gasteiger partial charge in [0, 0.05) is 41.5 Å². The van der Waals surface area contributed by atoms with Gasteiger partial charge in [0.1, 0.15) is 12.2 Å². The normalized spacial score (nSPS) is 18.2. The van der Waals surface area contributed by atoms with Crippen LogP contribution < -0.4 is 19.7 Å². The van der Waals surface area contributed by atoms with Crippen LogP contribution in [0.15, 0.2) is 66.7 Å². The number of carbonyl (C=O) groups excluding carboxylic acids is 2. The summed E-state index contributed by atoms with van der Waals surface area (Å²) in [5.41, 5.74) is 3.23. The molecule has 1 N–H and O–H groups in total. The SMILES string of the molecule is COc1c(OCCCNCCCc2ccccc2)cccc1[C@@H]1O[C@@H](CC(=O)N2CCOCC2)C(=O)N(CC(C)(C)C)c2ccc(Cl)cc21. The lowest BCUT2D eigenvalue weighted by Crippen LogP contribution is -2.47. The molecule has 2 aliphatic rings. The molecule has 0 bridgehead atoms. The molecule has 5 rings (SSSR count). The van der Waals surface area contributed by atoms with E-state index in [4.69, 9.17) is 30.5 Å². The monoisotopic (exact) mass is 691 g/mol. The average molecular weight is 692 g/mol. The molecule has 3 aromatic rings. The van der Waals surface area contributed by atoms with Gasteiger partial charge in [-0.2, -0.15) is 0 Å². The Labute approximate surface area is 295 Å². The fourth-order valence-corrected chi connectivity index (χ4v) is 6.50. The number of benzene rings is 3. The maximum Gasteiger partial charge on any atom is 0.256 e. The number of hydrogen-bond acceptors (Lipinski definition) is 7. The highest BCUT2D eigenvalue weighted by atomic mass is 35.5. The lowest BCUT2D eigenvalue weighted by molar-refractivity contribution is -0.145. The van der Waals surface area contributed by atoms with Crippen LogP contribution in [0.25, 0.3) is 0 Å². The van der Waals surface area contributed by atoms with E-state index in [1.807, 2.05) is 36.4 Å². The Hall–Kier alpha value is -3.63. The van der Waals surface area contributed by atoms with E-state index in [1.165, 1.54) is 5.56 Å². The largest absolute Gasteiger partial charge is 0.492 e. The lowest BCUT2D eigenvalue weighted by Gasteiger charge is -2.32. The molecule has 3 aromatic carbocycles. The van der Waals surface area contributed by atoms with Gasteiger partial charge < -0.3 is 34.1 Å². The van der Waals surface area contributed by atoms with Crippen LogP contribution in [0.5, 0.6) is 11.5 Å². The number of nitrogens with one attached hydrogen (secondary N) is 1. The molecule has 1 fully saturated rings. The number of rotatable bonds is 14. The predicted molar refractivity (Wildman–Crippen MR) is 193 cm³/mol. The second-order valence-electron chi connectivity index (χ2n) is 13.8. The lowest BCUT2D eigenvalue weighted by atomic mass is 9.94. The molecular weight excluding hydrogens is 642 g/mol. The molecule has 2 heterocycles. The van der Waals surface area contributed by atoms with Gasteiger partial charge in [-0.15, -0.1) is 0 Å². The van der Waals surface area contributed by atoms with Crippen LogP contribution in [0.1, 0.15) is 62.8 Å². The second-order valence-corrected chi connectivity index (χ2v) is 14.2. The number of morpholine rings is 1. The summed E-state index contributed by atoms with van der Waals surface area (Å²) >= 11 is 6.59. The van der Waals surface area contributed by atoms with Gasteiger partial charge in [0.25, 0.3) is 5.91 Å². The van der Waals surface area contributed by atoms with Crippen molar-refractivity contribution in [2.75, 3.05) is 64.6 Å². The molecule has 0 aliphatic carbocycles. The summed E-state index contributed by atoms with van der Waals surface area (Å²) in [6.45, 7) is 10.9. The van der Waals surface area contributed by atoms with E-state index in [9.17, 15) is 9.59 Å². The molecule has 0 radical (unpaired) electrons. The van der Waals surface area contributed by atoms with Gasteiger partial charge in [0.15, 0.2) is 11.5 Å². The van der Waals surface area contributed by atoms with Crippen molar-refractivity contribution in [1.82, 2.24) is 10.2 Å². The van der Waals surface area contributed by atoms with E-state index in [0.717, 1.165) is 37.9 Å². The first-order chi connectivity index (χ1) is 23.6. The third-order valence-electron chi connectivity index (χ3n) is 8.67. The Kier molecular flexibility index (Phi) is 13.0. The zero-order valence-corrected chi connectivity index (χ0v) is 30.0. The molecule has 49 heavy (non-hydrogen) atoms. The molecule has 0 saturated carbocycles. The zero-order valence-electron chi connectivity index (χ0n) is 29.2. The Bertz CT molecular complexity index is 1540. The zero-order chi connectivity index (χ0) is 34.8. The number of halogens is 1. The summed E-state index contributed by atoms with van der Waals surface area (Å²) < 4.78 is 24.4. The quantitative estimate of drug-likeness (QED) is 0.194. The predicted octanol–water partition coefficient (Wildman–Crippen LogP) is 6.46. The van der Waals surface area contributed by atoms with Gasteiger partial charge in [-0.3, -0.25) is 9.59 Å². The van der Waals surface area contributed by atoms with E-state index >= 15 is 0 Å². The average Bonchev–Trinajstić information content (AvgIpc) is 3.19. The number of hydrogen-bond donors (Lipinski definition) is 1. The Balaban J connectivity index is 1.35. The number of aryl methyl sites for hydroxylation is 1. The van der Waals surface area contributed by atoms with Gasteiger partial charge in [-0.1, -0.05) is 74.8 Å². The topological polar surface area (TPSA) is 89.6 Å². The minimum absolute atomic E-state index is 0.0887. The molecular formula is C39H50ClN3O6. The summed E-state index contributed by atoms with van der Waals surface area (Å²) in [5.74, 6) is 0.701. The Morgan fingerprint density at radius 1 is 0.980 bits per heavy atom. The molecule has 1 saturated heterocycles. The van der Waals surface area contributed by atoms with E-state index in [-0.39, 0.29) is 23.7 Å². The number of nitrogens with zero attached hydrogens (tertiary/aromatic N) is 2. The highest BCUT2D eigenvalue weighted by Crippen LogP contribution is 2.45. The van der Waals surface area contributed by atoms with Crippen molar-refractivity contribution in [3.63, 3.8) is 0 Å². The minimum atomic E-state index is -1.03. The molecule has 2 atom stereocenters. The third kappa shape index (κ3) is 9.97. The molecule has 264 valence electrons. The number of methoxy groups -OCH3 is 1. The minimum Gasteiger partial charge on any atom is -0.492 e. The summed E-state index contributed by atoms with van der Waals surface area (Å²) in [6, 6.07) is 21.7. The van der Waals surface area contributed by atoms with E-state index in [1.54, 1.807) is 23.0 Å². The summed E-state index contributed by atoms with van der Waals surface area (Å²) in [4.78, 5) is 31.3. The van der Waals surface area contributed by atoms with Crippen molar-refractivity contribution in [3.8, 4) is 11.5 Å². The first-order valence-corrected chi connectivity index (χ1v) is 17.7. The van der Waals surface area contributed by atoms with E-state index in [2.05, 4.69) is 50.4 Å². The standard InChI is InChI=1S/C39H50ClN3O6/c1-39(2,3)27-43-32-17-16-29(40)25-31(32)36(49-34(38(43)45)26-35(44)42-20-23-47-24-21-42)30-14-8-15-33(37(30)46-4)48-22-10-19-41-18-9-13-28-11-6-5-7-12-28/h5-8,11-12,14-17,25,34,36,41H,9-10,13,18-24,26-27H2,1-4H3/t34-,36-/m0/s1. The molecule has 10 heteroatoms. The van der Waals surface area contributed by atoms with Crippen molar-refractivity contribution in [3.05, 3.63) is 88.4 Å². The van der Waals surface area contributed by atoms with Gasteiger partial charge in [-0.05, 0) is 67.6 Å². The molecule has 0 spiro atoms. The molecule has 0 aromatic heterocycles. The number of fused-ring (bicyclic) bond motifs is 1. The van der Waals surface area contributed by atoms with Crippen LogP contribution in [-0.4, -0.2) is 82.5 Å². The molecule has 9 nitrogen and oxygen atoms in total. The van der Waals surface area contributed by atoms with Crippen molar-refractivity contribution >= 4 is 29.1 Å². The van der Waals surface area contributed by atoms with E-state index in [0.29, 0.717) is 67.2 Å². The van der Waals surface area contributed by atoms with Gasteiger partial charge in [0.05, 0.1) is 33.4 Å². The third-order valence-corrected chi connectivity index (χ3v) is 8.91. The smallest absolute Gasteiger partial charge is 0.256 e. The van der Waals surface area contributed by atoms with Gasteiger partial charge in [0.2, 0.25) is 5.91 Å². The van der Waals surface area contributed by atoms with Crippen LogP contribution in [0, 0.1) is 5.41 Å². The highest BCUT2D eigenvalue weighted by Gasteiger charge is 2.40. The second kappa shape index (κ2) is 17.3. The number of para-hydroxylation sites is 1. The molecule has 2 amide bonds. The summed E-state index contributed by atoms with van der Waals surface area (Å²) in [6.07, 6.45) is 1.06. The fraction of sp³-hybridized carbons (Fsp3) is 0.487. The Morgan fingerprint density at radius 2 is 1.73 bits per heavy atom. The first kappa shape index (κ1) is 36.6. The maximum absolute atomic E-state index is 14.3. The van der Waals surface area contributed by atoms with Crippen LogP contribution in [0.4, 0.5) is 5.69 Å². The first-order valence-electron chi connectivity index (χ1n) is 17.3. The maximum atomic E-state index is 14.3. The number of anilines is 1. The number of ether oxygens (including phenoxy) is 4. The highest BCUT2D eigenvalue weighted by molar-refractivity contribution is 6.30. The van der Waals surface area contributed by atoms with Crippen molar-refractivity contribution in [2.24, 2.45) is 5.41 Å². The Morgan fingerprint density at radius 3 is 2.47 bits per heavy atom. The molecule has 2 aliphatic heterocycles. The van der Waals surface area contributed by atoms with Crippen LogP contribution in [-0.2, 0) is 25.5 Å². The van der Waals surface area contributed by atoms with Crippen molar-refractivity contribution in [2.45, 2.75) is 58.7 Å². The van der Waals surface area contributed by atoms with E-state index < -0.39 is 12.2 Å². The van der Waals surface area contributed by atoms with Gasteiger partial charge in [-0.25, -0.2) is 0 Å².